The molecule has 6 rings (SSSR count). The second kappa shape index (κ2) is 30.1. The second-order valence-electron chi connectivity index (χ2n) is 15.7. The van der Waals surface area contributed by atoms with Gasteiger partial charge in [-0.15, -0.1) is 40.2 Å². The van der Waals surface area contributed by atoms with E-state index in [2.05, 4.69) is 110 Å². The van der Waals surface area contributed by atoms with Crippen molar-refractivity contribution < 1.29 is 36.3 Å². The molecule has 0 saturated heterocycles. The Kier molecular flexibility index (Phi) is 25.1. The van der Waals surface area contributed by atoms with Crippen molar-refractivity contribution in [2.45, 2.75) is 111 Å². The molecule has 0 aliphatic rings. The van der Waals surface area contributed by atoms with Crippen LogP contribution in [0.3, 0.4) is 0 Å². The van der Waals surface area contributed by atoms with Crippen molar-refractivity contribution in [2.24, 2.45) is 0 Å². The third kappa shape index (κ3) is 21.1. The number of hydrogen-bond donors (Lipinski definition) is 0. The third-order valence-corrected chi connectivity index (χ3v) is 12.8. The number of carbonyl (C=O) groups is 2. The summed E-state index contributed by atoms with van der Waals surface area (Å²) in [4.78, 5) is 33.7. The van der Waals surface area contributed by atoms with Gasteiger partial charge in [0.15, 0.2) is 37.9 Å². The highest BCUT2D eigenvalue weighted by atomic mass is 32.1. The average molecular weight is 933 g/mol. The molecule has 0 bridgehead atoms. The fraction of sp³-hybridized carbons (Fsp3) is 0.396. The summed E-state index contributed by atoms with van der Waals surface area (Å²) in [5.74, 6) is 0.0713. The number of hydrogen-bond acceptors (Lipinski definition) is 4. The van der Waals surface area contributed by atoms with Gasteiger partial charge in [-0.25, -0.2) is 9.13 Å². The van der Waals surface area contributed by atoms with E-state index in [4.69, 9.17) is 0 Å². The summed E-state index contributed by atoms with van der Waals surface area (Å²) in [6.45, 7) is 11.7. The van der Waals surface area contributed by atoms with Crippen LogP contribution in [0.15, 0.2) is 134 Å². The quantitative estimate of drug-likeness (QED) is 0.0462. The molecule has 0 fully saturated rings. The van der Waals surface area contributed by atoms with Gasteiger partial charge in [0.2, 0.25) is 0 Å². The van der Waals surface area contributed by atoms with E-state index >= 15 is 0 Å². The Balaban J connectivity index is 0.000000495. The van der Waals surface area contributed by atoms with E-state index in [1.807, 2.05) is 74.8 Å². The molecule has 0 saturated carbocycles. The number of pyridine rings is 2. The Bertz CT molecular complexity index is 2030. The lowest BCUT2D eigenvalue weighted by Gasteiger charge is -2.15. The second-order valence-corrected chi connectivity index (χ2v) is 17.9. The minimum absolute atomic E-state index is 0.0356. The number of benzene rings is 2. The van der Waals surface area contributed by atoms with Crippen molar-refractivity contribution in [3.05, 3.63) is 145 Å². The van der Waals surface area contributed by atoms with Gasteiger partial charge in [-0.05, 0) is 48.5 Å². The number of aromatic nitrogens is 2. The van der Waals surface area contributed by atoms with Gasteiger partial charge >= 0.3 is 6.43 Å². The molecule has 0 N–H and O–H groups in total. The lowest BCUT2D eigenvalue weighted by Crippen LogP contribution is -2.40. The molecule has 0 aliphatic carbocycles. The number of carbonyl (C=O) groups excluding carboxylic acids is 2. The standard InChI is InChI=1S/C38H36N4O2S2.2C7H16.CF4/c1-39(37(43)31-9-5-3-6-10-31)25-27-41-21-17-29(18-22-41)33-13-15-35(45-33)36-16-14-34(46-36)30-19-23-42(24-20-30)28-26-40(2)38(44)32-11-7-4-8-12-32;2*1-3-5-7-6-4-2;2-1(3,4)5/h3-24H,25-28H2,1-2H3;2*3-7H2,1-2H3;/q+2;;;. The van der Waals surface area contributed by atoms with Gasteiger partial charge in [0.1, 0.15) is 0 Å². The van der Waals surface area contributed by atoms with Crippen molar-refractivity contribution in [1.82, 2.24) is 9.80 Å². The summed E-state index contributed by atoms with van der Waals surface area (Å²) in [5.41, 5.74) is 3.79. The molecule has 65 heavy (non-hydrogen) atoms. The van der Waals surface area contributed by atoms with Crippen molar-refractivity contribution in [1.29, 1.82) is 0 Å². The summed E-state index contributed by atoms with van der Waals surface area (Å²) in [5, 5.41) is 0. The molecule has 350 valence electrons. The summed E-state index contributed by atoms with van der Waals surface area (Å²) >= 11 is 3.60. The average Bonchev–Trinajstić information content (AvgIpc) is 4.02. The maximum absolute atomic E-state index is 12.6. The Morgan fingerprint density at radius 3 is 1.05 bits per heavy atom. The number of halogens is 4. The minimum Gasteiger partial charge on any atom is -0.335 e. The Morgan fingerprint density at radius 2 is 0.754 bits per heavy atom. The number of thiophene rings is 2. The van der Waals surface area contributed by atoms with Crippen LogP contribution in [0.25, 0.3) is 30.6 Å². The number of rotatable bonds is 19. The SMILES string of the molecule is CCCCCCC.CCCCCCC.CN(CC[n+]1ccc(-c2ccc(-c3ccc(-c4cc[n+](CCN(C)C(=O)c5ccccc5)cc4)s3)s2)cc1)C(=O)c1ccccc1.FC(F)(F)F. The molecular formula is C53H68F4N4O2S2+2. The fourth-order valence-electron chi connectivity index (χ4n) is 6.48. The molecule has 0 unspecified atom stereocenters. The van der Waals surface area contributed by atoms with Crippen LogP contribution in [0.1, 0.15) is 113 Å². The summed E-state index contributed by atoms with van der Waals surface area (Å²) in [6.07, 6.45) is 16.8. The lowest BCUT2D eigenvalue weighted by molar-refractivity contribution is -0.696. The maximum atomic E-state index is 12.6. The first-order valence-electron chi connectivity index (χ1n) is 22.8. The predicted molar refractivity (Wildman–Crippen MR) is 262 cm³/mol. The van der Waals surface area contributed by atoms with E-state index in [1.54, 1.807) is 32.5 Å². The highest BCUT2D eigenvalue weighted by Gasteiger charge is 2.24. The monoisotopic (exact) mass is 932 g/mol. The molecule has 0 atom stereocenters. The van der Waals surface area contributed by atoms with Gasteiger partial charge in [-0.3, -0.25) is 9.59 Å². The molecule has 0 radical (unpaired) electrons. The smallest absolute Gasteiger partial charge is 0.335 e. The number of likely N-dealkylation sites (N-methyl/N-ethyl adjacent to an activating group) is 2. The van der Waals surface area contributed by atoms with Crippen molar-refractivity contribution in [3.8, 4) is 30.6 Å². The molecule has 0 spiro atoms. The van der Waals surface area contributed by atoms with E-state index in [-0.39, 0.29) is 11.8 Å². The van der Waals surface area contributed by atoms with Crippen LogP contribution in [-0.4, -0.2) is 55.2 Å². The first-order chi connectivity index (χ1) is 31.3. The largest absolute Gasteiger partial charge is 0.559 e. The van der Waals surface area contributed by atoms with E-state index < -0.39 is 6.43 Å². The van der Waals surface area contributed by atoms with Gasteiger partial charge in [0, 0.05) is 80.1 Å². The number of amides is 2. The zero-order valence-corrected chi connectivity index (χ0v) is 40.7. The molecule has 6 aromatic rings. The first kappa shape index (κ1) is 54.1. The van der Waals surface area contributed by atoms with Crippen LogP contribution in [-0.2, 0) is 13.1 Å². The predicted octanol–water partition coefficient (Wildman–Crippen LogP) is 14.4. The lowest BCUT2D eigenvalue weighted by atomic mass is 10.2. The summed E-state index contributed by atoms with van der Waals surface area (Å²) in [6, 6.07) is 36.2. The highest BCUT2D eigenvalue weighted by Crippen LogP contribution is 2.40. The van der Waals surface area contributed by atoms with Crippen LogP contribution in [0.2, 0.25) is 0 Å². The highest BCUT2D eigenvalue weighted by molar-refractivity contribution is 7.25. The zero-order valence-electron chi connectivity index (χ0n) is 39.0. The topological polar surface area (TPSA) is 48.4 Å². The van der Waals surface area contributed by atoms with E-state index in [0.29, 0.717) is 24.2 Å². The van der Waals surface area contributed by atoms with Crippen molar-refractivity contribution in [2.75, 3.05) is 27.2 Å². The van der Waals surface area contributed by atoms with Gasteiger partial charge in [0.25, 0.3) is 11.8 Å². The maximum Gasteiger partial charge on any atom is 0.559 e. The van der Waals surface area contributed by atoms with E-state index in [9.17, 15) is 27.2 Å². The molecule has 6 nitrogen and oxygen atoms in total. The van der Waals surface area contributed by atoms with Gasteiger partial charge < -0.3 is 9.80 Å². The number of unbranched alkanes of at least 4 members (excludes halogenated alkanes) is 8. The molecule has 12 heteroatoms. The summed E-state index contributed by atoms with van der Waals surface area (Å²) < 4.78 is 43.0. The van der Waals surface area contributed by atoms with Crippen LogP contribution in [0.4, 0.5) is 17.6 Å². The van der Waals surface area contributed by atoms with E-state index in [0.717, 1.165) is 13.1 Å². The van der Waals surface area contributed by atoms with Gasteiger partial charge in [-0.1, -0.05) is 128 Å². The van der Waals surface area contributed by atoms with Crippen molar-refractivity contribution >= 4 is 34.5 Å². The Hall–Kier alpha value is -5.20. The van der Waals surface area contributed by atoms with Crippen LogP contribution < -0.4 is 9.13 Å². The van der Waals surface area contributed by atoms with Crippen molar-refractivity contribution in [3.63, 3.8) is 0 Å². The molecular weight excluding hydrogens is 865 g/mol. The fourth-order valence-corrected chi connectivity index (χ4v) is 8.60. The Morgan fingerprint density at radius 1 is 0.462 bits per heavy atom. The van der Waals surface area contributed by atoms with Crippen LogP contribution >= 0.6 is 22.7 Å². The van der Waals surface area contributed by atoms with Gasteiger partial charge in [-0.2, -0.15) is 0 Å². The number of nitrogens with zero attached hydrogens (tertiary/aromatic N) is 4. The minimum atomic E-state index is -5.50. The number of alkyl halides is 4. The van der Waals surface area contributed by atoms with Crippen LogP contribution in [0, 0.1) is 0 Å². The third-order valence-electron chi connectivity index (χ3n) is 10.3. The van der Waals surface area contributed by atoms with E-state index in [1.165, 1.54) is 94.8 Å². The molecule has 4 heterocycles. The Labute approximate surface area is 393 Å². The van der Waals surface area contributed by atoms with Gasteiger partial charge in [0.05, 0.1) is 13.1 Å². The molecule has 0 aliphatic heterocycles. The normalized spacial score (nSPS) is 10.7. The molecule has 4 aromatic heterocycles. The van der Waals surface area contributed by atoms with Crippen LogP contribution in [0.5, 0.6) is 0 Å². The molecule has 2 amide bonds. The summed E-state index contributed by atoms with van der Waals surface area (Å²) in [7, 11) is 3.69. The first-order valence-corrected chi connectivity index (χ1v) is 24.5. The zero-order chi connectivity index (χ0) is 47.5. The molecule has 2 aromatic carbocycles.